The average molecular weight is 246 g/mol. The van der Waals surface area contributed by atoms with Gasteiger partial charge in [0, 0.05) is 29.1 Å². The number of pyridine rings is 1. The fourth-order valence-electron chi connectivity index (χ4n) is 2.14. The highest BCUT2D eigenvalue weighted by molar-refractivity contribution is 5.79. The average Bonchev–Trinajstić information content (AvgIpc) is 2.35. The van der Waals surface area contributed by atoms with Crippen molar-refractivity contribution in [1.29, 1.82) is 0 Å². The number of rotatable bonds is 2. The number of benzene rings is 1. The van der Waals surface area contributed by atoms with Crippen LogP contribution in [0.2, 0.25) is 0 Å². The molecule has 0 bridgehead atoms. The van der Waals surface area contributed by atoms with E-state index in [0.29, 0.717) is 5.56 Å². The Labute approximate surface area is 107 Å². The zero-order valence-corrected chi connectivity index (χ0v) is 11.1. The van der Waals surface area contributed by atoms with Gasteiger partial charge in [0.05, 0.1) is 5.52 Å². The molecule has 1 atom stereocenters. The van der Waals surface area contributed by atoms with Gasteiger partial charge >= 0.3 is 0 Å². The van der Waals surface area contributed by atoms with Gasteiger partial charge in [-0.05, 0) is 12.1 Å². The molecule has 1 aromatic heterocycles. The van der Waals surface area contributed by atoms with E-state index in [2.05, 4.69) is 4.98 Å². The maximum absolute atomic E-state index is 15.1. The Morgan fingerprint density at radius 3 is 2.50 bits per heavy atom. The standard InChI is InChI=1S/C15H19FN2/c1-14(2,3)15(16,10-17)12-8-11-6-4-5-7-13(11)18-9-12/h4-9H,10,17H2,1-3H3. The van der Waals surface area contributed by atoms with Gasteiger partial charge in [-0.3, -0.25) is 4.98 Å². The second-order valence-electron chi connectivity index (χ2n) is 5.67. The number of hydrogen-bond acceptors (Lipinski definition) is 2. The maximum atomic E-state index is 15.1. The van der Waals surface area contributed by atoms with Crippen molar-refractivity contribution in [3.05, 3.63) is 42.1 Å². The van der Waals surface area contributed by atoms with Gasteiger partial charge in [0.15, 0.2) is 5.67 Å². The molecule has 2 aromatic rings. The zero-order chi connectivity index (χ0) is 13.4. The van der Waals surface area contributed by atoms with E-state index < -0.39 is 11.1 Å². The van der Waals surface area contributed by atoms with Crippen molar-refractivity contribution in [1.82, 2.24) is 4.98 Å². The minimum atomic E-state index is -1.57. The van der Waals surface area contributed by atoms with Crippen molar-refractivity contribution < 1.29 is 4.39 Å². The molecule has 0 aliphatic rings. The molecular weight excluding hydrogens is 227 g/mol. The monoisotopic (exact) mass is 246 g/mol. The Hall–Kier alpha value is -1.48. The molecule has 0 saturated heterocycles. The van der Waals surface area contributed by atoms with Gasteiger partial charge in [-0.25, -0.2) is 4.39 Å². The van der Waals surface area contributed by atoms with Crippen molar-refractivity contribution in [3.63, 3.8) is 0 Å². The maximum Gasteiger partial charge on any atom is 0.154 e. The van der Waals surface area contributed by atoms with Gasteiger partial charge < -0.3 is 5.73 Å². The number of alkyl halides is 1. The van der Waals surface area contributed by atoms with Crippen molar-refractivity contribution in [2.24, 2.45) is 11.1 Å². The SMILES string of the molecule is CC(C)(C)C(F)(CN)c1cnc2ccccc2c1. The Bertz CT molecular complexity index is 560. The molecule has 1 heterocycles. The fraction of sp³-hybridized carbons (Fsp3) is 0.400. The molecule has 0 amide bonds. The van der Waals surface area contributed by atoms with E-state index in [0.717, 1.165) is 10.9 Å². The van der Waals surface area contributed by atoms with Crippen LogP contribution >= 0.6 is 0 Å². The highest BCUT2D eigenvalue weighted by atomic mass is 19.1. The van der Waals surface area contributed by atoms with Crippen LogP contribution in [0.15, 0.2) is 36.5 Å². The van der Waals surface area contributed by atoms with Crippen LogP contribution in [0.3, 0.4) is 0 Å². The Morgan fingerprint density at radius 2 is 1.89 bits per heavy atom. The molecule has 96 valence electrons. The summed E-state index contributed by atoms with van der Waals surface area (Å²) in [6.07, 6.45) is 1.60. The van der Waals surface area contributed by atoms with E-state index in [4.69, 9.17) is 5.73 Å². The number of nitrogens with two attached hydrogens (primary N) is 1. The lowest BCUT2D eigenvalue weighted by molar-refractivity contribution is 0.0341. The van der Waals surface area contributed by atoms with Crippen molar-refractivity contribution in [3.8, 4) is 0 Å². The molecule has 0 radical (unpaired) electrons. The number of aromatic nitrogens is 1. The first-order valence-corrected chi connectivity index (χ1v) is 6.13. The Balaban J connectivity index is 2.59. The summed E-state index contributed by atoms with van der Waals surface area (Å²) in [5.41, 5.74) is 4.96. The lowest BCUT2D eigenvalue weighted by atomic mass is 9.74. The van der Waals surface area contributed by atoms with Gasteiger partial charge in [-0.15, -0.1) is 0 Å². The summed E-state index contributed by atoms with van der Waals surface area (Å²) >= 11 is 0. The highest BCUT2D eigenvalue weighted by Crippen LogP contribution is 2.42. The lowest BCUT2D eigenvalue weighted by Crippen LogP contribution is -2.42. The minimum absolute atomic E-state index is 0.0451. The van der Waals surface area contributed by atoms with Crippen LogP contribution in [0.4, 0.5) is 4.39 Å². The summed E-state index contributed by atoms with van der Waals surface area (Å²) in [4.78, 5) is 4.31. The normalized spacial score (nSPS) is 15.6. The summed E-state index contributed by atoms with van der Waals surface area (Å²) in [6, 6.07) is 9.54. The van der Waals surface area contributed by atoms with Crippen LogP contribution in [0.25, 0.3) is 10.9 Å². The molecule has 0 fully saturated rings. The van der Waals surface area contributed by atoms with Gasteiger partial charge in [-0.1, -0.05) is 39.0 Å². The molecule has 0 saturated carbocycles. The van der Waals surface area contributed by atoms with Gasteiger partial charge in [0.1, 0.15) is 0 Å². The molecule has 0 spiro atoms. The molecule has 0 aliphatic heterocycles. The molecule has 2 N–H and O–H groups in total. The van der Waals surface area contributed by atoms with Gasteiger partial charge in [-0.2, -0.15) is 0 Å². The second kappa shape index (κ2) is 4.32. The quantitative estimate of drug-likeness (QED) is 0.882. The van der Waals surface area contributed by atoms with E-state index in [1.165, 1.54) is 0 Å². The van der Waals surface area contributed by atoms with Crippen molar-refractivity contribution in [2.75, 3.05) is 6.54 Å². The Morgan fingerprint density at radius 1 is 1.22 bits per heavy atom. The number of nitrogens with zero attached hydrogens (tertiary/aromatic N) is 1. The van der Waals surface area contributed by atoms with Gasteiger partial charge in [0.25, 0.3) is 0 Å². The fourth-order valence-corrected chi connectivity index (χ4v) is 2.14. The van der Waals surface area contributed by atoms with E-state index in [1.807, 2.05) is 51.1 Å². The summed E-state index contributed by atoms with van der Waals surface area (Å²) in [6.45, 7) is 5.52. The van der Waals surface area contributed by atoms with Crippen LogP contribution < -0.4 is 5.73 Å². The summed E-state index contributed by atoms with van der Waals surface area (Å²) in [5.74, 6) is 0. The molecule has 3 heteroatoms. The second-order valence-corrected chi connectivity index (χ2v) is 5.67. The number of fused-ring (bicyclic) bond motifs is 1. The Kier molecular flexibility index (Phi) is 3.11. The molecule has 2 nitrogen and oxygen atoms in total. The predicted octanol–water partition coefficient (Wildman–Crippen LogP) is 3.40. The van der Waals surface area contributed by atoms with Crippen LogP contribution in [0.5, 0.6) is 0 Å². The first kappa shape index (κ1) is 13.0. The summed E-state index contributed by atoms with van der Waals surface area (Å²) in [5, 5.41) is 0.940. The van der Waals surface area contributed by atoms with Crippen LogP contribution in [0.1, 0.15) is 26.3 Å². The molecule has 1 aromatic carbocycles. The molecular formula is C15H19FN2. The van der Waals surface area contributed by atoms with Crippen molar-refractivity contribution >= 4 is 10.9 Å². The predicted molar refractivity (Wildman–Crippen MR) is 73.0 cm³/mol. The third-order valence-corrected chi connectivity index (χ3v) is 3.52. The third-order valence-electron chi connectivity index (χ3n) is 3.52. The number of halogens is 1. The first-order valence-electron chi connectivity index (χ1n) is 6.13. The van der Waals surface area contributed by atoms with E-state index in [1.54, 1.807) is 6.20 Å². The molecule has 2 rings (SSSR count). The van der Waals surface area contributed by atoms with Crippen LogP contribution in [0, 0.1) is 5.41 Å². The van der Waals surface area contributed by atoms with E-state index in [9.17, 15) is 0 Å². The summed E-state index contributed by atoms with van der Waals surface area (Å²) in [7, 11) is 0. The zero-order valence-electron chi connectivity index (χ0n) is 11.1. The van der Waals surface area contributed by atoms with Crippen LogP contribution in [-0.4, -0.2) is 11.5 Å². The molecule has 1 unspecified atom stereocenters. The third kappa shape index (κ3) is 1.99. The molecule has 18 heavy (non-hydrogen) atoms. The highest BCUT2D eigenvalue weighted by Gasteiger charge is 2.43. The topological polar surface area (TPSA) is 38.9 Å². The van der Waals surface area contributed by atoms with Crippen LogP contribution in [-0.2, 0) is 5.67 Å². The molecule has 0 aliphatic carbocycles. The minimum Gasteiger partial charge on any atom is -0.327 e. The van der Waals surface area contributed by atoms with E-state index >= 15 is 4.39 Å². The number of para-hydroxylation sites is 1. The number of hydrogen-bond donors (Lipinski definition) is 1. The largest absolute Gasteiger partial charge is 0.327 e. The first-order chi connectivity index (χ1) is 8.38. The lowest BCUT2D eigenvalue weighted by Gasteiger charge is -2.37. The van der Waals surface area contributed by atoms with E-state index in [-0.39, 0.29) is 6.54 Å². The van der Waals surface area contributed by atoms with Crippen molar-refractivity contribution in [2.45, 2.75) is 26.4 Å². The van der Waals surface area contributed by atoms with Gasteiger partial charge in [0.2, 0.25) is 0 Å². The smallest absolute Gasteiger partial charge is 0.154 e. The summed E-state index contributed by atoms with van der Waals surface area (Å²) < 4.78 is 15.1.